The van der Waals surface area contributed by atoms with Crippen LogP contribution in [0.2, 0.25) is 0 Å². The topological polar surface area (TPSA) is 307 Å². The van der Waals surface area contributed by atoms with Gasteiger partial charge < -0.3 is 89.9 Å². The molecule has 0 radical (unpaired) electrons. The van der Waals surface area contributed by atoms with Gasteiger partial charge in [0.2, 0.25) is 5.91 Å². The SMILES string of the molecule is CC/C=C\C/C=C\C/C=C\C/C=C\CCCCCCCCCCCCCCCCCCCCCCCCC(=O)NC(COC1OC(CO)C(OC2OC(CO)C(OC3OC(CO)C(O)C(O)C3O)C(O)C2O)C(O)C1O)C(O)/C=C/CCCCCCCCCCCCCC. The lowest BCUT2D eigenvalue weighted by Gasteiger charge is -2.48. The van der Waals surface area contributed by atoms with Crippen LogP contribution in [0.4, 0.5) is 0 Å². The van der Waals surface area contributed by atoms with Crippen molar-refractivity contribution < 1.29 is 89.4 Å². The Hall–Kier alpha value is -2.51. The van der Waals surface area contributed by atoms with Gasteiger partial charge in [-0.25, -0.2) is 0 Å². The van der Waals surface area contributed by atoms with Crippen LogP contribution in [0, 0.1) is 0 Å². The zero-order valence-corrected chi connectivity index (χ0v) is 58.2. The van der Waals surface area contributed by atoms with Gasteiger partial charge in [-0.3, -0.25) is 4.79 Å². The second-order valence-corrected chi connectivity index (χ2v) is 26.7. The first-order valence-corrected chi connectivity index (χ1v) is 37.5. The number of rotatable bonds is 58. The van der Waals surface area contributed by atoms with E-state index in [9.17, 15) is 61.0 Å². The summed E-state index contributed by atoms with van der Waals surface area (Å²) in [5, 5.41) is 121. The van der Waals surface area contributed by atoms with Gasteiger partial charge in [0, 0.05) is 6.42 Å². The molecular formula is C75H135NO18. The molecule has 17 atom stereocenters. The normalized spacial score (nSPS) is 27.7. The van der Waals surface area contributed by atoms with Crippen LogP contribution < -0.4 is 5.32 Å². The number of carbonyl (C=O) groups is 1. The standard InChI is InChI=1S/C75H135NO18/c1-3-5-7-9-11-13-15-17-19-20-21-22-23-24-25-26-27-28-29-30-31-32-33-34-35-36-37-38-39-41-43-45-47-49-51-53-63(81)76-58(59(80)52-50-48-46-44-42-40-18-16-14-12-10-8-6-4-2)57-89-73-69(87)66(84)71(61(55-78)91-73)94-75-70(88)67(85)72(62(56-79)92-75)93-74-68(86)65(83)64(82)60(54-77)90-74/h5,7,11,13,17,19,21-22,50,52,58-62,64-75,77-80,82-88H,3-4,6,8-10,12,14-16,18,20,23-49,51,53-57H2,1-2H3,(H,76,81)/b7-5-,13-11-,19-17-,22-21-,52-50+. The van der Waals surface area contributed by atoms with Gasteiger partial charge in [0.05, 0.1) is 38.6 Å². The Morgan fingerprint density at radius 2 is 0.734 bits per heavy atom. The fourth-order valence-electron chi connectivity index (χ4n) is 12.5. The number of nitrogens with one attached hydrogen (secondary N) is 1. The number of carbonyl (C=O) groups excluding carboxylic acids is 1. The maximum atomic E-state index is 13.4. The van der Waals surface area contributed by atoms with Crippen LogP contribution in [0.25, 0.3) is 0 Å². The highest BCUT2D eigenvalue weighted by molar-refractivity contribution is 5.76. The summed E-state index contributed by atoms with van der Waals surface area (Å²) in [7, 11) is 0. The van der Waals surface area contributed by atoms with Crippen LogP contribution in [0.1, 0.15) is 277 Å². The molecular weight excluding hydrogens is 1200 g/mol. The molecule has 94 heavy (non-hydrogen) atoms. The summed E-state index contributed by atoms with van der Waals surface area (Å²) in [6.45, 7) is 1.63. The van der Waals surface area contributed by atoms with Crippen molar-refractivity contribution in [1.29, 1.82) is 0 Å². The molecule has 19 heteroatoms. The lowest BCUT2D eigenvalue weighted by atomic mass is 9.96. The number of hydrogen-bond donors (Lipinski definition) is 12. The minimum absolute atomic E-state index is 0.245. The van der Waals surface area contributed by atoms with E-state index < -0.39 is 124 Å². The second kappa shape index (κ2) is 56.3. The molecule has 0 aliphatic carbocycles. The van der Waals surface area contributed by atoms with Gasteiger partial charge in [-0.05, 0) is 57.8 Å². The number of unbranched alkanes of at least 4 members (excludes halogenated alkanes) is 34. The third-order valence-electron chi connectivity index (χ3n) is 18.6. The van der Waals surface area contributed by atoms with Crippen molar-refractivity contribution in [3.8, 4) is 0 Å². The molecule has 0 saturated carbocycles. The summed E-state index contributed by atoms with van der Waals surface area (Å²) in [5.41, 5.74) is 0. The second-order valence-electron chi connectivity index (χ2n) is 26.7. The highest BCUT2D eigenvalue weighted by Gasteiger charge is 2.53. The Bertz CT molecular complexity index is 1940. The molecule has 0 aromatic carbocycles. The Kier molecular flexibility index (Phi) is 51.3. The summed E-state index contributed by atoms with van der Waals surface area (Å²) >= 11 is 0. The number of hydrogen-bond acceptors (Lipinski definition) is 18. The first kappa shape index (κ1) is 85.7. The van der Waals surface area contributed by atoms with Crippen molar-refractivity contribution in [2.75, 3.05) is 26.4 Å². The highest BCUT2D eigenvalue weighted by atomic mass is 16.8. The van der Waals surface area contributed by atoms with Crippen molar-refractivity contribution in [2.45, 2.75) is 381 Å². The summed E-state index contributed by atoms with van der Waals surface area (Å²) in [5.74, 6) is -0.273. The van der Waals surface area contributed by atoms with E-state index in [2.05, 4.69) is 67.8 Å². The van der Waals surface area contributed by atoms with E-state index in [1.807, 2.05) is 6.08 Å². The van der Waals surface area contributed by atoms with E-state index in [4.69, 9.17) is 28.4 Å². The van der Waals surface area contributed by atoms with Crippen molar-refractivity contribution in [3.05, 3.63) is 60.8 Å². The van der Waals surface area contributed by atoms with Gasteiger partial charge in [-0.2, -0.15) is 0 Å². The maximum Gasteiger partial charge on any atom is 0.220 e. The van der Waals surface area contributed by atoms with E-state index in [0.717, 1.165) is 70.6 Å². The molecule has 1 amide bonds. The zero-order valence-electron chi connectivity index (χ0n) is 58.2. The molecule has 3 heterocycles. The molecule has 0 aromatic heterocycles. The van der Waals surface area contributed by atoms with Crippen molar-refractivity contribution in [3.63, 3.8) is 0 Å². The van der Waals surface area contributed by atoms with Crippen molar-refractivity contribution >= 4 is 5.91 Å². The van der Waals surface area contributed by atoms with E-state index in [0.29, 0.717) is 6.42 Å². The quantitative estimate of drug-likeness (QED) is 0.0199. The molecule has 0 bridgehead atoms. The van der Waals surface area contributed by atoms with Crippen LogP contribution in [-0.2, 0) is 33.2 Å². The van der Waals surface area contributed by atoms with Gasteiger partial charge in [-0.15, -0.1) is 0 Å². The predicted octanol–water partition coefficient (Wildman–Crippen LogP) is 11.1. The fraction of sp³-hybridized carbons (Fsp3) is 0.853. The van der Waals surface area contributed by atoms with Gasteiger partial charge >= 0.3 is 0 Å². The lowest BCUT2D eigenvalue weighted by molar-refractivity contribution is -0.379. The first-order chi connectivity index (χ1) is 45.8. The number of allylic oxidation sites excluding steroid dienone is 9. The molecule has 548 valence electrons. The zero-order chi connectivity index (χ0) is 68.2. The van der Waals surface area contributed by atoms with E-state index >= 15 is 0 Å². The Balaban J connectivity index is 1.33. The van der Waals surface area contributed by atoms with E-state index in [1.165, 1.54) is 180 Å². The maximum absolute atomic E-state index is 13.4. The minimum atomic E-state index is -1.98. The van der Waals surface area contributed by atoms with Gasteiger partial charge in [0.1, 0.15) is 73.2 Å². The molecule has 0 aromatic rings. The van der Waals surface area contributed by atoms with Crippen molar-refractivity contribution in [1.82, 2.24) is 5.32 Å². The summed E-state index contributed by atoms with van der Waals surface area (Å²) in [6.07, 6.45) is 43.6. The van der Waals surface area contributed by atoms with Crippen LogP contribution in [-0.4, -0.2) is 193 Å². The lowest BCUT2D eigenvalue weighted by Crippen LogP contribution is -2.66. The predicted molar refractivity (Wildman–Crippen MR) is 369 cm³/mol. The van der Waals surface area contributed by atoms with Gasteiger partial charge in [0.25, 0.3) is 0 Å². The van der Waals surface area contributed by atoms with E-state index in [1.54, 1.807) is 6.08 Å². The monoisotopic (exact) mass is 1340 g/mol. The largest absolute Gasteiger partial charge is 0.394 e. The number of aliphatic hydroxyl groups is 11. The molecule has 3 aliphatic rings. The molecule has 3 aliphatic heterocycles. The molecule has 3 fully saturated rings. The fourth-order valence-corrected chi connectivity index (χ4v) is 12.5. The minimum Gasteiger partial charge on any atom is -0.394 e. The molecule has 12 N–H and O–H groups in total. The van der Waals surface area contributed by atoms with Gasteiger partial charge in [-0.1, -0.05) is 274 Å². The third kappa shape index (κ3) is 37.1. The third-order valence-corrected chi connectivity index (χ3v) is 18.6. The average molecular weight is 1340 g/mol. The van der Waals surface area contributed by atoms with E-state index in [-0.39, 0.29) is 18.9 Å². The van der Waals surface area contributed by atoms with Crippen LogP contribution in [0.3, 0.4) is 0 Å². The number of ether oxygens (including phenoxy) is 6. The van der Waals surface area contributed by atoms with Gasteiger partial charge in [0.15, 0.2) is 18.9 Å². The first-order valence-electron chi connectivity index (χ1n) is 37.5. The smallest absolute Gasteiger partial charge is 0.220 e. The Labute approximate surface area is 566 Å². The Morgan fingerprint density at radius 3 is 1.15 bits per heavy atom. The van der Waals surface area contributed by atoms with Crippen LogP contribution in [0.15, 0.2) is 60.8 Å². The summed E-state index contributed by atoms with van der Waals surface area (Å²) < 4.78 is 34.4. The molecule has 3 saturated heterocycles. The summed E-state index contributed by atoms with van der Waals surface area (Å²) in [6, 6.07) is -0.972. The van der Waals surface area contributed by atoms with Crippen LogP contribution in [0.5, 0.6) is 0 Å². The molecule has 19 nitrogen and oxygen atoms in total. The number of amides is 1. The Morgan fingerprint density at radius 1 is 0.394 bits per heavy atom. The highest BCUT2D eigenvalue weighted by Crippen LogP contribution is 2.33. The molecule has 0 spiro atoms. The van der Waals surface area contributed by atoms with Crippen molar-refractivity contribution in [2.24, 2.45) is 0 Å². The molecule has 17 unspecified atom stereocenters. The molecule has 3 rings (SSSR count). The summed E-state index contributed by atoms with van der Waals surface area (Å²) in [4.78, 5) is 13.4. The number of aliphatic hydroxyl groups excluding tert-OH is 11. The average Bonchev–Trinajstić information content (AvgIpc) is 0.792. The van der Waals surface area contributed by atoms with Crippen LogP contribution >= 0.6 is 0 Å².